The summed E-state index contributed by atoms with van der Waals surface area (Å²) < 4.78 is 0. The highest BCUT2D eigenvalue weighted by Gasteiger charge is 2.24. The molecule has 0 atom stereocenters. The van der Waals surface area contributed by atoms with Crippen molar-refractivity contribution in [3.8, 4) is 6.07 Å². The van der Waals surface area contributed by atoms with Gasteiger partial charge in [-0.1, -0.05) is 18.2 Å². The summed E-state index contributed by atoms with van der Waals surface area (Å²) in [5.74, 6) is -0.0206. The fourth-order valence-electron chi connectivity index (χ4n) is 2.84. The summed E-state index contributed by atoms with van der Waals surface area (Å²) in [5.41, 5.74) is 9.47. The third-order valence-electron chi connectivity index (χ3n) is 4.06. The smallest absolute Gasteiger partial charge is 0.238 e. The van der Waals surface area contributed by atoms with E-state index >= 15 is 0 Å². The summed E-state index contributed by atoms with van der Waals surface area (Å²) in [6, 6.07) is 9.92. The molecule has 1 aromatic carbocycles. The zero-order chi connectivity index (χ0) is 16.4. The molecule has 118 valence electrons. The third kappa shape index (κ3) is 3.21. The van der Waals surface area contributed by atoms with E-state index in [4.69, 9.17) is 11.0 Å². The fourth-order valence-corrected chi connectivity index (χ4v) is 3.95. The Balaban J connectivity index is 1.65. The molecule has 0 unspecified atom stereocenters. The average Bonchev–Trinajstić information content (AvgIpc) is 2.83. The van der Waals surface area contributed by atoms with E-state index in [1.807, 2.05) is 31.2 Å². The number of benzene rings is 1. The van der Waals surface area contributed by atoms with E-state index in [2.05, 4.69) is 16.3 Å². The van der Waals surface area contributed by atoms with Gasteiger partial charge in [-0.3, -0.25) is 9.69 Å². The van der Waals surface area contributed by atoms with Crippen molar-refractivity contribution in [2.24, 2.45) is 0 Å². The molecule has 0 saturated heterocycles. The standard InChI is InChI=1S/C17H18N4OS/c1-11-4-2-3-5-14(11)20-16(22)10-21-7-6-12-13(8-18)17(19)23-15(12)9-21/h2-5H,6-7,9-10,19H2,1H3,(H,20,22). The van der Waals surface area contributed by atoms with Gasteiger partial charge in [0.2, 0.25) is 5.91 Å². The third-order valence-corrected chi connectivity index (χ3v) is 5.11. The highest BCUT2D eigenvalue weighted by molar-refractivity contribution is 7.16. The van der Waals surface area contributed by atoms with Gasteiger partial charge in [0, 0.05) is 23.7 Å². The number of nitriles is 1. The molecule has 1 aliphatic rings. The maximum absolute atomic E-state index is 12.2. The number of nitrogens with zero attached hydrogens (tertiary/aromatic N) is 2. The number of para-hydroxylation sites is 1. The number of aryl methyl sites for hydroxylation is 1. The molecule has 0 radical (unpaired) electrons. The molecule has 2 heterocycles. The first-order valence-electron chi connectivity index (χ1n) is 7.46. The number of hydrogen-bond acceptors (Lipinski definition) is 5. The Morgan fingerprint density at radius 1 is 1.48 bits per heavy atom. The molecule has 0 fully saturated rings. The van der Waals surface area contributed by atoms with Crippen LogP contribution < -0.4 is 11.1 Å². The van der Waals surface area contributed by atoms with E-state index in [1.165, 1.54) is 11.3 Å². The van der Waals surface area contributed by atoms with Crippen molar-refractivity contribution in [2.45, 2.75) is 19.9 Å². The number of hydrogen-bond donors (Lipinski definition) is 2. The van der Waals surface area contributed by atoms with E-state index in [0.717, 1.165) is 34.7 Å². The summed E-state index contributed by atoms with van der Waals surface area (Å²) in [4.78, 5) is 15.4. The Labute approximate surface area is 139 Å². The van der Waals surface area contributed by atoms with Gasteiger partial charge in [0.1, 0.15) is 11.1 Å². The van der Waals surface area contributed by atoms with E-state index in [1.54, 1.807) is 0 Å². The number of amides is 1. The lowest BCUT2D eigenvalue weighted by molar-refractivity contribution is -0.117. The maximum Gasteiger partial charge on any atom is 0.238 e. The zero-order valence-electron chi connectivity index (χ0n) is 12.9. The number of nitrogens with two attached hydrogens (primary N) is 1. The fraction of sp³-hybridized carbons (Fsp3) is 0.294. The zero-order valence-corrected chi connectivity index (χ0v) is 13.7. The van der Waals surface area contributed by atoms with Crippen LogP contribution in [-0.2, 0) is 17.8 Å². The summed E-state index contributed by atoms with van der Waals surface area (Å²) in [5, 5.41) is 12.7. The van der Waals surface area contributed by atoms with Gasteiger partial charge in [-0.15, -0.1) is 11.3 Å². The first-order chi connectivity index (χ1) is 11.1. The van der Waals surface area contributed by atoms with Crippen molar-refractivity contribution in [1.29, 1.82) is 5.26 Å². The normalized spacial score (nSPS) is 14.1. The molecule has 0 aliphatic carbocycles. The van der Waals surface area contributed by atoms with Gasteiger partial charge >= 0.3 is 0 Å². The highest BCUT2D eigenvalue weighted by Crippen LogP contribution is 2.34. The Hall–Kier alpha value is -2.36. The second-order valence-electron chi connectivity index (χ2n) is 5.68. The van der Waals surface area contributed by atoms with Crippen LogP contribution >= 0.6 is 11.3 Å². The second-order valence-corrected chi connectivity index (χ2v) is 6.82. The van der Waals surface area contributed by atoms with Gasteiger partial charge < -0.3 is 11.1 Å². The quantitative estimate of drug-likeness (QED) is 0.908. The SMILES string of the molecule is Cc1ccccc1NC(=O)CN1CCc2c(sc(N)c2C#N)C1. The highest BCUT2D eigenvalue weighted by atomic mass is 32.1. The maximum atomic E-state index is 12.2. The van der Waals surface area contributed by atoms with Crippen molar-refractivity contribution in [3.63, 3.8) is 0 Å². The number of fused-ring (bicyclic) bond motifs is 1. The number of carbonyl (C=O) groups excluding carboxylic acids is 1. The molecule has 3 rings (SSSR count). The lowest BCUT2D eigenvalue weighted by atomic mass is 10.0. The number of nitrogen functional groups attached to an aromatic ring is 1. The summed E-state index contributed by atoms with van der Waals surface area (Å²) in [7, 11) is 0. The predicted molar refractivity (Wildman–Crippen MR) is 92.2 cm³/mol. The van der Waals surface area contributed by atoms with Crippen molar-refractivity contribution < 1.29 is 4.79 Å². The van der Waals surface area contributed by atoms with Gasteiger partial charge in [-0.2, -0.15) is 5.26 Å². The van der Waals surface area contributed by atoms with Gasteiger partial charge in [0.25, 0.3) is 0 Å². The van der Waals surface area contributed by atoms with Crippen LogP contribution in [0.5, 0.6) is 0 Å². The molecule has 2 aromatic rings. The number of anilines is 2. The van der Waals surface area contributed by atoms with Crippen LogP contribution in [0, 0.1) is 18.3 Å². The van der Waals surface area contributed by atoms with Gasteiger partial charge in [-0.25, -0.2) is 0 Å². The largest absolute Gasteiger partial charge is 0.389 e. The van der Waals surface area contributed by atoms with Gasteiger partial charge in [-0.05, 0) is 30.5 Å². The Kier molecular flexibility index (Phi) is 4.33. The molecule has 6 heteroatoms. The van der Waals surface area contributed by atoms with Crippen molar-refractivity contribution in [3.05, 3.63) is 45.8 Å². The van der Waals surface area contributed by atoms with E-state index in [-0.39, 0.29) is 5.91 Å². The van der Waals surface area contributed by atoms with Crippen LogP contribution in [-0.4, -0.2) is 23.9 Å². The Morgan fingerprint density at radius 2 is 2.26 bits per heavy atom. The van der Waals surface area contributed by atoms with Crippen LogP contribution in [0.15, 0.2) is 24.3 Å². The molecule has 23 heavy (non-hydrogen) atoms. The van der Waals surface area contributed by atoms with Gasteiger partial charge in [0.05, 0.1) is 12.1 Å². The van der Waals surface area contributed by atoms with Gasteiger partial charge in [0.15, 0.2) is 0 Å². The van der Waals surface area contributed by atoms with Crippen molar-refractivity contribution in [2.75, 3.05) is 24.1 Å². The monoisotopic (exact) mass is 326 g/mol. The molecule has 0 saturated carbocycles. The van der Waals surface area contributed by atoms with Crippen LogP contribution in [0.3, 0.4) is 0 Å². The predicted octanol–water partition coefficient (Wildman–Crippen LogP) is 2.51. The Morgan fingerprint density at radius 3 is 3.00 bits per heavy atom. The number of nitrogens with one attached hydrogen (secondary N) is 1. The lowest BCUT2D eigenvalue weighted by Gasteiger charge is -2.26. The molecule has 1 aliphatic heterocycles. The van der Waals surface area contributed by atoms with Crippen LogP contribution in [0.4, 0.5) is 10.7 Å². The molecule has 1 aromatic heterocycles. The van der Waals surface area contributed by atoms with Crippen molar-refractivity contribution >= 4 is 27.9 Å². The topological polar surface area (TPSA) is 82.2 Å². The van der Waals surface area contributed by atoms with E-state index in [9.17, 15) is 4.79 Å². The number of carbonyl (C=O) groups is 1. The first-order valence-corrected chi connectivity index (χ1v) is 8.28. The molecule has 5 nitrogen and oxygen atoms in total. The average molecular weight is 326 g/mol. The summed E-state index contributed by atoms with van der Waals surface area (Å²) in [6.07, 6.45) is 0.767. The van der Waals surface area contributed by atoms with Crippen molar-refractivity contribution in [1.82, 2.24) is 4.90 Å². The van der Waals surface area contributed by atoms with Crippen LogP contribution in [0.25, 0.3) is 0 Å². The minimum Gasteiger partial charge on any atom is -0.389 e. The molecular formula is C17H18N4OS. The molecule has 0 bridgehead atoms. The molecule has 3 N–H and O–H groups in total. The van der Waals surface area contributed by atoms with Crippen LogP contribution in [0.1, 0.15) is 21.6 Å². The number of thiophene rings is 1. The molecular weight excluding hydrogens is 308 g/mol. The van der Waals surface area contributed by atoms with Crippen LogP contribution in [0.2, 0.25) is 0 Å². The first kappa shape index (κ1) is 15.5. The Bertz CT molecular complexity index is 790. The van der Waals surface area contributed by atoms with E-state index in [0.29, 0.717) is 23.7 Å². The lowest BCUT2D eigenvalue weighted by Crippen LogP contribution is -2.36. The summed E-state index contributed by atoms with van der Waals surface area (Å²) >= 11 is 1.46. The van der Waals surface area contributed by atoms with E-state index < -0.39 is 0 Å². The second kappa shape index (κ2) is 6.41. The molecule has 1 amide bonds. The molecule has 0 spiro atoms. The number of rotatable bonds is 3. The minimum atomic E-state index is -0.0206. The minimum absolute atomic E-state index is 0.0206. The summed E-state index contributed by atoms with van der Waals surface area (Å²) in [6.45, 7) is 3.75.